The van der Waals surface area contributed by atoms with Crippen molar-refractivity contribution in [3.63, 3.8) is 0 Å². The molecule has 0 unspecified atom stereocenters. The maximum atomic E-state index is 14.1. The van der Waals surface area contributed by atoms with Crippen molar-refractivity contribution in [3.05, 3.63) is 78.1 Å². The van der Waals surface area contributed by atoms with Crippen LogP contribution in [0.3, 0.4) is 0 Å². The van der Waals surface area contributed by atoms with Gasteiger partial charge in [-0.05, 0) is 42.5 Å². The predicted octanol–water partition coefficient (Wildman–Crippen LogP) is 4.53. The molecule has 0 saturated heterocycles. The van der Waals surface area contributed by atoms with Crippen molar-refractivity contribution >= 4 is 11.6 Å². The molecule has 6 nitrogen and oxygen atoms in total. The second-order valence-corrected chi connectivity index (χ2v) is 5.52. The molecule has 4 aromatic rings. The number of nitrogens with one attached hydrogen (secondary N) is 1. The van der Waals surface area contributed by atoms with Crippen molar-refractivity contribution in [2.75, 3.05) is 5.32 Å². The molecule has 0 spiro atoms. The predicted molar refractivity (Wildman–Crippen MR) is 91.7 cm³/mol. The van der Waals surface area contributed by atoms with Crippen LogP contribution in [-0.4, -0.2) is 16.1 Å². The van der Waals surface area contributed by atoms with Crippen molar-refractivity contribution in [1.82, 2.24) is 10.2 Å². The van der Waals surface area contributed by atoms with Gasteiger partial charge in [-0.25, -0.2) is 8.78 Å². The van der Waals surface area contributed by atoms with Gasteiger partial charge in [0.1, 0.15) is 11.6 Å². The highest BCUT2D eigenvalue weighted by atomic mass is 19.1. The van der Waals surface area contributed by atoms with E-state index in [2.05, 4.69) is 15.5 Å². The van der Waals surface area contributed by atoms with E-state index in [1.807, 2.05) is 0 Å². The lowest BCUT2D eigenvalue weighted by atomic mass is 10.1. The molecule has 0 aliphatic heterocycles. The number of carbonyl (C=O) groups excluding carboxylic acids is 1. The first-order valence-corrected chi connectivity index (χ1v) is 7.85. The molecule has 2 aromatic carbocycles. The molecule has 0 fully saturated rings. The highest BCUT2D eigenvalue weighted by Crippen LogP contribution is 2.27. The van der Waals surface area contributed by atoms with Crippen LogP contribution >= 0.6 is 0 Å². The summed E-state index contributed by atoms with van der Waals surface area (Å²) < 4.78 is 38.5. The highest BCUT2D eigenvalue weighted by Gasteiger charge is 2.17. The Labute approximate surface area is 151 Å². The van der Waals surface area contributed by atoms with Crippen LogP contribution in [0.2, 0.25) is 0 Å². The maximum absolute atomic E-state index is 14.1. The number of benzene rings is 2. The monoisotopic (exact) mass is 367 g/mol. The lowest BCUT2D eigenvalue weighted by Crippen LogP contribution is -2.14. The van der Waals surface area contributed by atoms with E-state index in [-0.39, 0.29) is 23.0 Å². The molecule has 134 valence electrons. The third kappa shape index (κ3) is 3.32. The number of rotatable bonds is 4. The van der Waals surface area contributed by atoms with E-state index < -0.39 is 17.5 Å². The second-order valence-electron chi connectivity index (χ2n) is 5.52. The Hall–Kier alpha value is -3.81. The molecule has 0 bridgehead atoms. The van der Waals surface area contributed by atoms with E-state index in [0.29, 0.717) is 11.3 Å². The van der Waals surface area contributed by atoms with Gasteiger partial charge in [0.05, 0.1) is 17.5 Å². The quantitative estimate of drug-likeness (QED) is 0.573. The first-order valence-electron chi connectivity index (χ1n) is 7.85. The van der Waals surface area contributed by atoms with Crippen LogP contribution in [-0.2, 0) is 0 Å². The number of amides is 1. The van der Waals surface area contributed by atoms with Crippen LogP contribution in [0.15, 0.2) is 69.7 Å². The SMILES string of the molecule is O=C(Nc1cc(-c2nnc(-c3ccco3)o2)ccc1F)c1ccccc1F. The smallest absolute Gasteiger partial charge is 0.283 e. The first kappa shape index (κ1) is 16.6. The van der Waals surface area contributed by atoms with Gasteiger partial charge < -0.3 is 14.2 Å². The Balaban J connectivity index is 1.62. The number of hydrogen-bond donors (Lipinski definition) is 1. The fourth-order valence-corrected chi connectivity index (χ4v) is 2.43. The Bertz CT molecular complexity index is 1110. The van der Waals surface area contributed by atoms with Gasteiger partial charge >= 0.3 is 0 Å². The largest absolute Gasteiger partial charge is 0.459 e. The van der Waals surface area contributed by atoms with E-state index in [4.69, 9.17) is 8.83 Å². The van der Waals surface area contributed by atoms with E-state index in [0.717, 1.165) is 12.1 Å². The standard InChI is InChI=1S/C19H11F2N3O3/c20-13-5-2-1-4-12(13)17(25)22-15-10-11(7-8-14(15)21)18-23-24-19(27-18)16-6-3-9-26-16/h1-10H,(H,22,25). The molecule has 1 N–H and O–H groups in total. The first-order chi connectivity index (χ1) is 13.1. The number of anilines is 1. The summed E-state index contributed by atoms with van der Waals surface area (Å²) in [6.45, 7) is 0. The second kappa shape index (κ2) is 6.83. The molecule has 4 rings (SSSR count). The Morgan fingerprint density at radius 3 is 2.52 bits per heavy atom. The number of carbonyl (C=O) groups is 1. The van der Waals surface area contributed by atoms with Gasteiger partial charge in [0, 0.05) is 5.56 Å². The van der Waals surface area contributed by atoms with Crippen LogP contribution in [0, 0.1) is 11.6 Å². The summed E-state index contributed by atoms with van der Waals surface area (Å²) in [6, 6.07) is 12.6. The Morgan fingerprint density at radius 1 is 0.926 bits per heavy atom. The topological polar surface area (TPSA) is 81.2 Å². The normalized spacial score (nSPS) is 10.7. The van der Waals surface area contributed by atoms with Crippen LogP contribution < -0.4 is 5.32 Å². The zero-order valence-electron chi connectivity index (χ0n) is 13.6. The molecule has 0 radical (unpaired) electrons. The summed E-state index contributed by atoms with van der Waals surface area (Å²) in [6.07, 6.45) is 1.47. The minimum atomic E-state index is -0.772. The summed E-state index contributed by atoms with van der Waals surface area (Å²) in [4.78, 5) is 12.2. The van der Waals surface area contributed by atoms with Crippen LogP contribution in [0.5, 0.6) is 0 Å². The van der Waals surface area contributed by atoms with E-state index in [9.17, 15) is 13.6 Å². The molecule has 2 heterocycles. The van der Waals surface area contributed by atoms with Gasteiger partial charge in [-0.1, -0.05) is 12.1 Å². The average Bonchev–Trinajstić information content (AvgIpc) is 3.35. The van der Waals surface area contributed by atoms with Gasteiger partial charge in [0.25, 0.3) is 11.8 Å². The minimum Gasteiger partial charge on any atom is -0.459 e. The van der Waals surface area contributed by atoms with E-state index in [1.165, 1.54) is 36.6 Å². The van der Waals surface area contributed by atoms with Crippen molar-refractivity contribution in [1.29, 1.82) is 0 Å². The molecular formula is C19H11F2N3O3. The molecule has 0 atom stereocenters. The van der Waals surface area contributed by atoms with Gasteiger partial charge in [-0.2, -0.15) is 0 Å². The summed E-state index contributed by atoms with van der Waals surface area (Å²) >= 11 is 0. The Morgan fingerprint density at radius 2 is 1.74 bits per heavy atom. The fraction of sp³-hybridized carbons (Fsp3) is 0. The molecule has 0 saturated carbocycles. The van der Waals surface area contributed by atoms with Crippen molar-refractivity contribution < 1.29 is 22.4 Å². The van der Waals surface area contributed by atoms with Gasteiger partial charge in [0.15, 0.2) is 5.76 Å². The van der Waals surface area contributed by atoms with Crippen LogP contribution in [0.25, 0.3) is 23.1 Å². The van der Waals surface area contributed by atoms with E-state index >= 15 is 0 Å². The summed E-state index contributed by atoms with van der Waals surface area (Å²) in [5.41, 5.74) is 0.0456. The number of aromatic nitrogens is 2. The molecule has 1 amide bonds. The van der Waals surface area contributed by atoms with Crippen molar-refractivity contribution in [3.8, 4) is 23.1 Å². The highest BCUT2D eigenvalue weighted by molar-refractivity contribution is 6.04. The number of nitrogens with zero attached hydrogens (tertiary/aromatic N) is 2. The van der Waals surface area contributed by atoms with Crippen molar-refractivity contribution in [2.45, 2.75) is 0 Å². The molecular weight excluding hydrogens is 356 g/mol. The fourth-order valence-electron chi connectivity index (χ4n) is 2.43. The summed E-state index contributed by atoms with van der Waals surface area (Å²) in [5, 5.41) is 10.1. The summed E-state index contributed by atoms with van der Waals surface area (Å²) in [7, 11) is 0. The molecule has 0 aliphatic rings. The molecule has 27 heavy (non-hydrogen) atoms. The van der Waals surface area contributed by atoms with Gasteiger partial charge in [0.2, 0.25) is 5.89 Å². The number of halogens is 2. The third-order valence-electron chi connectivity index (χ3n) is 3.74. The number of hydrogen-bond acceptors (Lipinski definition) is 5. The Kier molecular flexibility index (Phi) is 4.21. The molecule has 2 aromatic heterocycles. The summed E-state index contributed by atoms with van der Waals surface area (Å²) in [5.74, 6) is -1.49. The lowest BCUT2D eigenvalue weighted by molar-refractivity contribution is 0.102. The van der Waals surface area contributed by atoms with E-state index in [1.54, 1.807) is 12.1 Å². The lowest BCUT2D eigenvalue weighted by Gasteiger charge is -2.08. The number of furan rings is 1. The average molecular weight is 367 g/mol. The molecule has 8 heteroatoms. The van der Waals surface area contributed by atoms with Crippen molar-refractivity contribution in [2.24, 2.45) is 0 Å². The zero-order chi connectivity index (χ0) is 18.8. The van der Waals surface area contributed by atoms with Crippen LogP contribution in [0.1, 0.15) is 10.4 Å². The third-order valence-corrected chi connectivity index (χ3v) is 3.74. The maximum Gasteiger partial charge on any atom is 0.283 e. The van der Waals surface area contributed by atoms with Gasteiger partial charge in [-0.3, -0.25) is 4.79 Å². The zero-order valence-corrected chi connectivity index (χ0v) is 13.6. The minimum absolute atomic E-state index is 0.114. The van der Waals surface area contributed by atoms with Crippen LogP contribution in [0.4, 0.5) is 14.5 Å². The molecule has 0 aliphatic carbocycles. The van der Waals surface area contributed by atoms with Gasteiger partial charge in [-0.15, -0.1) is 10.2 Å².